The molecule has 0 amide bonds. The summed E-state index contributed by atoms with van der Waals surface area (Å²) in [4.78, 5) is 0. The summed E-state index contributed by atoms with van der Waals surface area (Å²) in [6, 6.07) is 5.81. The summed E-state index contributed by atoms with van der Waals surface area (Å²) in [7, 11) is 0. The van der Waals surface area contributed by atoms with Gasteiger partial charge >= 0.3 is 0 Å². The first-order chi connectivity index (χ1) is 7.24. The van der Waals surface area contributed by atoms with Gasteiger partial charge < -0.3 is 5.32 Å². The molecule has 0 bridgehead atoms. The molecule has 0 aliphatic carbocycles. The van der Waals surface area contributed by atoms with Crippen molar-refractivity contribution in [3.63, 3.8) is 0 Å². The van der Waals surface area contributed by atoms with Crippen LogP contribution in [0.4, 0.5) is 5.69 Å². The lowest BCUT2D eigenvalue weighted by Gasteiger charge is -2.08. The van der Waals surface area contributed by atoms with Crippen molar-refractivity contribution in [2.45, 2.75) is 13.3 Å². The first-order valence-electron chi connectivity index (χ1n) is 5.00. The highest BCUT2D eigenvalue weighted by Gasteiger charge is 1.99. The fraction of sp³-hybridized carbons (Fsp3) is 0.455. The van der Waals surface area contributed by atoms with E-state index in [2.05, 4.69) is 28.2 Å². The molecule has 0 unspecified atom stereocenters. The molecule has 0 radical (unpaired) electrons. The van der Waals surface area contributed by atoms with E-state index in [0.29, 0.717) is 0 Å². The average Bonchev–Trinajstić information content (AvgIpc) is 2.20. The summed E-state index contributed by atoms with van der Waals surface area (Å²) in [5.74, 6) is 2.42. The van der Waals surface area contributed by atoms with Crippen LogP contribution in [-0.2, 0) is 0 Å². The van der Waals surface area contributed by atoms with E-state index in [-0.39, 0.29) is 0 Å². The molecule has 15 heavy (non-hydrogen) atoms. The first-order valence-corrected chi connectivity index (χ1v) is 7.33. The van der Waals surface area contributed by atoms with Crippen LogP contribution >= 0.6 is 39.3 Å². The number of nitrogens with one attached hydrogen (secondary N) is 1. The Morgan fingerprint density at radius 2 is 2.27 bits per heavy atom. The lowest BCUT2D eigenvalue weighted by Crippen LogP contribution is -2.03. The van der Waals surface area contributed by atoms with Crippen LogP contribution in [-0.4, -0.2) is 18.1 Å². The van der Waals surface area contributed by atoms with E-state index < -0.39 is 0 Å². The van der Waals surface area contributed by atoms with Crippen molar-refractivity contribution in [2.24, 2.45) is 0 Å². The number of anilines is 1. The van der Waals surface area contributed by atoms with Crippen molar-refractivity contribution in [2.75, 3.05) is 23.4 Å². The summed E-state index contributed by atoms with van der Waals surface area (Å²) in [6.45, 7) is 3.20. The Morgan fingerprint density at radius 3 is 2.93 bits per heavy atom. The molecule has 1 aromatic rings. The number of benzene rings is 1. The highest BCUT2D eigenvalue weighted by molar-refractivity contribution is 9.10. The lowest BCUT2D eigenvalue weighted by atomic mass is 10.3. The second-order valence-electron chi connectivity index (χ2n) is 3.10. The topological polar surface area (TPSA) is 12.0 Å². The van der Waals surface area contributed by atoms with Crippen LogP contribution in [0.5, 0.6) is 0 Å². The van der Waals surface area contributed by atoms with Crippen LogP contribution in [0.2, 0.25) is 5.02 Å². The molecule has 0 saturated carbocycles. The Balaban J connectivity index is 2.31. The fourth-order valence-corrected chi connectivity index (χ4v) is 2.63. The SMILES string of the molecule is CCSCCCNc1ccc(Cl)cc1Br. The molecule has 1 aromatic carbocycles. The maximum absolute atomic E-state index is 5.86. The monoisotopic (exact) mass is 307 g/mol. The highest BCUT2D eigenvalue weighted by Crippen LogP contribution is 2.25. The summed E-state index contributed by atoms with van der Waals surface area (Å²) < 4.78 is 1.03. The molecule has 84 valence electrons. The normalized spacial score (nSPS) is 10.3. The van der Waals surface area contributed by atoms with E-state index in [1.54, 1.807) is 0 Å². The molecule has 0 atom stereocenters. The molecule has 4 heteroatoms. The number of thioether (sulfide) groups is 1. The zero-order valence-electron chi connectivity index (χ0n) is 8.72. The number of halogens is 2. The number of rotatable bonds is 6. The van der Waals surface area contributed by atoms with Crippen LogP contribution in [0.1, 0.15) is 13.3 Å². The van der Waals surface area contributed by atoms with Gasteiger partial charge in [-0.1, -0.05) is 18.5 Å². The molecule has 0 aliphatic rings. The van der Waals surface area contributed by atoms with Crippen molar-refractivity contribution >= 4 is 45.0 Å². The number of hydrogen-bond donors (Lipinski definition) is 1. The fourth-order valence-electron chi connectivity index (χ4n) is 1.17. The molecule has 0 heterocycles. The van der Waals surface area contributed by atoms with Crippen LogP contribution < -0.4 is 5.32 Å². The van der Waals surface area contributed by atoms with Gasteiger partial charge in [-0.2, -0.15) is 11.8 Å². The van der Waals surface area contributed by atoms with Crippen LogP contribution in [0.3, 0.4) is 0 Å². The third kappa shape index (κ3) is 5.14. The molecular formula is C11H15BrClNS. The predicted molar refractivity (Wildman–Crippen MR) is 75.3 cm³/mol. The van der Waals surface area contributed by atoms with Gasteiger partial charge in [-0.3, -0.25) is 0 Å². The smallest absolute Gasteiger partial charge is 0.0485 e. The van der Waals surface area contributed by atoms with E-state index in [4.69, 9.17) is 11.6 Å². The Labute approximate surface area is 109 Å². The Kier molecular flexibility index (Phi) is 6.53. The minimum Gasteiger partial charge on any atom is -0.384 e. The van der Waals surface area contributed by atoms with E-state index in [9.17, 15) is 0 Å². The Morgan fingerprint density at radius 1 is 1.47 bits per heavy atom. The van der Waals surface area contributed by atoms with E-state index in [1.165, 1.54) is 17.9 Å². The van der Waals surface area contributed by atoms with Gasteiger partial charge in [0.2, 0.25) is 0 Å². The molecule has 1 nitrogen and oxygen atoms in total. The van der Waals surface area contributed by atoms with Gasteiger partial charge in [-0.25, -0.2) is 0 Å². The Hall–Kier alpha value is 0.140. The molecule has 0 aliphatic heterocycles. The lowest BCUT2D eigenvalue weighted by molar-refractivity contribution is 0.991. The summed E-state index contributed by atoms with van der Waals surface area (Å²) >= 11 is 11.3. The predicted octanol–water partition coefficient (Wildman–Crippen LogP) is 4.66. The van der Waals surface area contributed by atoms with E-state index >= 15 is 0 Å². The number of hydrogen-bond acceptors (Lipinski definition) is 2. The van der Waals surface area contributed by atoms with Crippen molar-refractivity contribution in [1.82, 2.24) is 0 Å². The van der Waals surface area contributed by atoms with E-state index in [0.717, 1.165) is 21.7 Å². The Bertz CT molecular complexity index is 307. The van der Waals surface area contributed by atoms with Gasteiger partial charge in [0.25, 0.3) is 0 Å². The quantitative estimate of drug-likeness (QED) is 0.767. The largest absolute Gasteiger partial charge is 0.384 e. The summed E-state index contributed by atoms with van der Waals surface area (Å²) in [5.41, 5.74) is 1.11. The summed E-state index contributed by atoms with van der Waals surface area (Å²) in [6.07, 6.45) is 1.19. The van der Waals surface area contributed by atoms with Crippen LogP contribution in [0.15, 0.2) is 22.7 Å². The van der Waals surface area contributed by atoms with Gasteiger partial charge in [0.1, 0.15) is 0 Å². The molecule has 0 spiro atoms. The minimum atomic E-state index is 0.758. The molecule has 1 rings (SSSR count). The second-order valence-corrected chi connectivity index (χ2v) is 5.79. The van der Waals surface area contributed by atoms with Gasteiger partial charge in [-0.15, -0.1) is 0 Å². The zero-order valence-corrected chi connectivity index (χ0v) is 11.9. The maximum Gasteiger partial charge on any atom is 0.0485 e. The van der Waals surface area contributed by atoms with Gasteiger partial charge in [-0.05, 0) is 52.1 Å². The second kappa shape index (κ2) is 7.42. The van der Waals surface area contributed by atoms with E-state index in [1.807, 2.05) is 30.0 Å². The standard InChI is InChI=1S/C11H15BrClNS/c1-2-15-7-3-6-14-11-5-4-9(13)8-10(11)12/h4-5,8,14H,2-3,6-7H2,1H3. The third-order valence-electron chi connectivity index (χ3n) is 1.92. The highest BCUT2D eigenvalue weighted by atomic mass is 79.9. The molecule has 0 fully saturated rings. The third-order valence-corrected chi connectivity index (χ3v) is 3.79. The van der Waals surface area contributed by atoms with Crippen molar-refractivity contribution < 1.29 is 0 Å². The molecule has 1 N–H and O–H groups in total. The summed E-state index contributed by atoms with van der Waals surface area (Å²) in [5, 5.41) is 4.14. The van der Waals surface area contributed by atoms with Crippen LogP contribution in [0, 0.1) is 0 Å². The molecule has 0 saturated heterocycles. The van der Waals surface area contributed by atoms with Gasteiger partial charge in [0.05, 0.1) is 0 Å². The molecular weight excluding hydrogens is 294 g/mol. The van der Waals surface area contributed by atoms with Crippen molar-refractivity contribution in [3.8, 4) is 0 Å². The van der Waals surface area contributed by atoms with Crippen molar-refractivity contribution in [1.29, 1.82) is 0 Å². The van der Waals surface area contributed by atoms with Gasteiger partial charge in [0, 0.05) is 21.7 Å². The average molecular weight is 309 g/mol. The maximum atomic E-state index is 5.86. The zero-order chi connectivity index (χ0) is 11.1. The van der Waals surface area contributed by atoms with Crippen LogP contribution in [0.25, 0.3) is 0 Å². The van der Waals surface area contributed by atoms with Crippen molar-refractivity contribution in [3.05, 3.63) is 27.7 Å². The molecule has 0 aromatic heterocycles. The minimum absolute atomic E-state index is 0.758. The first kappa shape index (κ1) is 13.2. The van der Waals surface area contributed by atoms with Gasteiger partial charge in [0.15, 0.2) is 0 Å².